The number of aliphatic hydroxyl groups excluding tert-OH is 1. The van der Waals surface area contributed by atoms with Gasteiger partial charge in [-0.25, -0.2) is 0 Å². The van der Waals surface area contributed by atoms with Crippen molar-refractivity contribution < 1.29 is 29.4 Å². The smallest absolute Gasteiger partial charge is 0.285 e. The van der Waals surface area contributed by atoms with Crippen LogP contribution in [0.25, 0.3) is 11.1 Å². The number of hydrogen-bond acceptors (Lipinski definition) is 9. The van der Waals surface area contributed by atoms with Crippen molar-refractivity contribution in [3.05, 3.63) is 71.3 Å². The Balaban J connectivity index is 2.26. The lowest BCUT2D eigenvalue weighted by Crippen LogP contribution is -2.08. The van der Waals surface area contributed by atoms with Crippen LogP contribution < -0.4 is 0 Å². The zero-order chi connectivity index (χ0) is 21.3. The van der Waals surface area contributed by atoms with Crippen LogP contribution in [0.2, 0.25) is 0 Å². The maximum atomic E-state index is 13.0. The molecular weight excluding hydrogens is 390 g/mol. The molecule has 3 rings (SSSR count). The van der Waals surface area contributed by atoms with Crippen LogP contribution in [0.4, 0.5) is 17.1 Å². The molecule has 1 N–H and O–H groups in total. The molecule has 0 saturated heterocycles. The summed E-state index contributed by atoms with van der Waals surface area (Å²) in [6.07, 6.45) is 0.149. The average Bonchev–Trinajstić information content (AvgIpc) is 2.97. The third kappa shape index (κ3) is 3.41. The lowest BCUT2D eigenvalue weighted by Gasteiger charge is -2.09. The fraction of sp³-hybridized carbons (Fsp3) is 0.235. The summed E-state index contributed by atoms with van der Waals surface area (Å²) in [4.78, 5) is 44.6. The van der Waals surface area contributed by atoms with Crippen LogP contribution in [0.3, 0.4) is 0 Å². The number of aliphatic hydroxyl groups is 1. The van der Waals surface area contributed by atoms with Crippen molar-refractivity contribution in [2.75, 3.05) is 19.8 Å². The van der Waals surface area contributed by atoms with E-state index in [2.05, 4.69) is 0 Å². The van der Waals surface area contributed by atoms with E-state index in [0.29, 0.717) is 11.6 Å². The highest BCUT2D eigenvalue weighted by atomic mass is 16.6. The van der Waals surface area contributed by atoms with E-state index in [1.54, 1.807) is 0 Å². The van der Waals surface area contributed by atoms with E-state index in [9.17, 15) is 35.1 Å². The van der Waals surface area contributed by atoms with Crippen molar-refractivity contribution in [2.45, 2.75) is 6.42 Å². The number of rotatable bonds is 8. The second-order valence-corrected chi connectivity index (χ2v) is 6.07. The second-order valence-electron chi connectivity index (χ2n) is 6.07. The first-order valence-corrected chi connectivity index (χ1v) is 8.28. The molecule has 0 spiro atoms. The predicted molar refractivity (Wildman–Crippen MR) is 96.9 cm³/mol. The number of carbonyl (C=O) groups excluding carboxylic acids is 1. The molecule has 12 nitrogen and oxygen atoms in total. The molecule has 0 atom stereocenters. The van der Waals surface area contributed by atoms with Gasteiger partial charge in [0.05, 0.1) is 51.8 Å². The van der Waals surface area contributed by atoms with Gasteiger partial charge in [-0.2, -0.15) is 0 Å². The minimum Gasteiger partial charge on any atom is -0.394 e. The minimum absolute atomic E-state index is 0.0566. The van der Waals surface area contributed by atoms with Crippen LogP contribution >= 0.6 is 0 Å². The highest BCUT2D eigenvalue weighted by molar-refractivity contribution is 6.25. The Morgan fingerprint density at radius 1 is 0.862 bits per heavy atom. The van der Waals surface area contributed by atoms with Crippen LogP contribution in [-0.4, -0.2) is 45.5 Å². The largest absolute Gasteiger partial charge is 0.394 e. The van der Waals surface area contributed by atoms with Crippen molar-refractivity contribution in [2.24, 2.45) is 0 Å². The van der Waals surface area contributed by atoms with Gasteiger partial charge in [-0.15, -0.1) is 0 Å². The number of ketones is 1. The molecule has 0 heterocycles. The Bertz CT molecular complexity index is 1060. The summed E-state index contributed by atoms with van der Waals surface area (Å²) in [6, 6.07) is 4.05. The van der Waals surface area contributed by atoms with Gasteiger partial charge in [-0.3, -0.25) is 35.1 Å². The SMILES string of the molecule is O=C1c2cc([N+](=O)[O-])cc([N+](=O)[O-])c2-c2c([N+](=O)[O-])ccc(CCOCCO)c21. The monoisotopic (exact) mass is 403 g/mol. The molecule has 2 aromatic carbocycles. The van der Waals surface area contributed by atoms with Gasteiger partial charge in [0.1, 0.15) is 0 Å². The molecule has 0 aliphatic heterocycles. The molecule has 150 valence electrons. The number of hydrogen-bond donors (Lipinski definition) is 1. The van der Waals surface area contributed by atoms with Crippen LogP contribution in [0, 0.1) is 30.3 Å². The third-order valence-corrected chi connectivity index (χ3v) is 4.45. The molecule has 0 aromatic heterocycles. The highest BCUT2D eigenvalue weighted by Gasteiger charge is 2.41. The summed E-state index contributed by atoms with van der Waals surface area (Å²) in [5.41, 5.74) is -2.53. The summed E-state index contributed by atoms with van der Waals surface area (Å²) in [6.45, 7) is -0.0592. The summed E-state index contributed by atoms with van der Waals surface area (Å²) in [7, 11) is 0. The summed E-state index contributed by atoms with van der Waals surface area (Å²) < 4.78 is 5.16. The molecule has 0 saturated carbocycles. The van der Waals surface area contributed by atoms with E-state index >= 15 is 0 Å². The number of carbonyl (C=O) groups is 1. The summed E-state index contributed by atoms with van der Waals surface area (Å²) >= 11 is 0. The number of non-ortho nitro benzene ring substituents is 1. The first kappa shape index (κ1) is 20.0. The van der Waals surface area contributed by atoms with Gasteiger partial charge >= 0.3 is 0 Å². The normalized spacial score (nSPS) is 11.8. The highest BCUT2D eigenvalue weighted by Crippen LogP contribution is 2.49. The maximum absolute atomic E-state index is 13.0. The van der Waals surface area contributed by atoms with Gasteiger partial charge in [0.25, 0.3) is 17.1 Å². The van der Waals surface area contributed by atoms with Crippen molar-refractivity contribution in [1.82, 2.24) is 0 Å². The van der Waals surface area contributed by atoms with E-state index in [1.165, 1.54) is 6.07 Å². The first-order chi connectivity index (χ1) is 13.8. The lowest BCUT2D eigenvalue weighted by molar-refractivity contribution is -0.394. The number of ether oxygens (including phenoxy) is 1. The second kappa shape index (κ2) is 7.69. The molecule has 0 radical (unpaired) electrons. The quantitative estimate of drug-likeness (QED) is 0.335. The van der Waals surface area contributed by atoms with Gasteiger partial charge in [0, 0.05) is 23.3 Å². The van der Waals surface area contributed by atoms with Crippen LogP contribution in [0.15, 0.2) is 24.3 Å². The Hall–Kier alpha value is -3.77. The molecule has 0 bridgehead atoms. The van der Waals surface area contributed by atoms with Gasteiger partial charge < -0.3 is 9.84 Å². The Morgan fingerprint density at radius 2 is 1.55 bits per heavy atom. The standard InChI is InChI=1S/C17H13N3O9/c21-4-6-29-5-3-9-1-2-12(19(25)26)16-14(9)17(22)11-7-10(18(23)24)8-13(15(11)16)20(27)28/h1-2,7-8,21H,3-6H2. The number of nitrogens with zero attached hydrogens (tertiary/aromatic N) is 3. The Labute approximate surface area is 161 Å². The maximum Gasteiger partial charge on any atom is 0.285 e. The number of nitro benzene ring substituents is 3. The fourth-order valence-electron chi connectivity index (χ4n) is 3.29. The fourth-order valence-corrected chi connectivity index (χ4v) is 3.29. The Morgan fingerprint density at radius 3 is 2.14 bits per heavy atom. The molecule has 0 amide bonds. The van der Waals surface area contributed by atoms with E-state index in [4.69, 9.17) is 9.84 Å². The van der Waals surface area contributed by atoms with Gasteiger partial charge in [-0.1, -0.05) is 6.07 Å². The molecule has 29 heavy (non-hydrogen) atoms. The van der Waals surface area contributed by atoms with Gasteiger partial charge in [0.2, 0.25) is 0 Å². The topological polar surface area (TPSA) is 176 Å². The molecule has 1 aliphatic carbocycles. The molecule has 12 heteroatoms. The first-order valence-electron chi connectivity index (χ1n) is 8.28. The molecule has 0 unspecified atom stereocenters. The number of fused-ring (bicyclic) bond motifs is 3. The van der Waals surface area contributed by atoms with E-state index < -0.39 is 37.6 Å². The number of nitro groups is 3. The van der Waals surface area contributed by atoms with Crippen molar-refractivity contribution >= 4 is 22.8 Å². The zero-order valence-electron chi connectivity index (χ0n) is 14.7. The van der Waals surface area contributed by atoms with Crippen molar-refractivity contribution in [3.63, 3.8) is 0 Å². The van der Waals surface area contributed by atoms with Gasteiger partial charge in [-0.05, 0) is 12.0 Å². The molecular formula is C17H13N3O9. The zero-order valence-corrected chi connectivity index (χ0v) is 14.7. The van der Waals surface area contributed by atoms with E-state index in [-0.39, 0.29) is 48.5 Å². The molecule has 1 aliphatic rings. The molecule has 2 aromatic rings. The van der Waals surface area contributed by atoms with Crippen LogP contribution in [-0.2, 0) is 11.2 Å². The van der Waals surface area contributed by atoms with Gasteiger partial charge in [0.15, 0.2) is 5.78 Å². The van der Waals surface area contributed by atoms with Crippen LogP contribution in [0.1, 0.15) is 21.5 Å². The summed E-state index contributed by atoms with van der Waals surface area (Å²) in [5.74, 6) is -0.761. The van der Waals surface area contributed by atoms with Crippen molar-refractivity contribution in [3.8, 4) is 11.1 Å². The summed E-state index contributed by atoms with van der Waals surface area (Å²) in [5, 5.41) is 42.9. The third-order valence-electron chi connectivity index (χ3n) is 4.45. The van der Waals surface area contributed by atoms with Crippen molar-refractivity contribution in [1.29, 1.82) is 0 Å². The van der Waals surface area contributed by atoms with E-state index in [1.807, 2.05) is 0 Å². The Kier molecular flexibility index (Phi) is 5.30. The van der Waals surface area contributed by atoms with E-state index in [0.717, 1.165) is 12.1 Å². The molecule has 0 fully saturated rings. The lowest BCUT2D eigenvalue weighted by atomic mass is 9.96. The van der Waals surface area contributed by atoms with Crippen LogP contribution in [0.5, 0.6) is 0 Å². The minimum atomic E-state index is -0.908. The number of benzene rings is 2. The predicted octanol–water partition coefficient (Wildman–Crippen LogP) is 2.17. The average molecular weight is 403 g/mol.